The summed E-state index contributed by atoms with van der Waals surface area (Å²) in [6.45, 7) is 7.09. The molecule has 2 unspecified atom stereocenters. The molecule has 20 heavy (non-hydrogen) atoms. The van der Waals surface area contributed by atoms with Gasteiger partial charge in [-0.15, -0.1) is 0 Å². The molecule has 2 atom stereocenters. The van der Waals surface area contributed by atoms with Crippen molar-refractivity contribution in [2.75, 3.05) is 59.3 Å². The summed E-state index contributed by atoms with van der Waals surface area (Å²) >= 11 is 0. The second-order valence-electron chi connectivity index (χ2n) is 4.85. The quantitative estimate of drug-likeness (QED) is 0.762. The minimum atomic E-state index is -0.0797. The van der Waals surface area contributed by atoms with Gasteiger partial charge >= 0.3 is 6.03 Å². The average Bonchev–Trinajstić information content (AvgIpc) is 2.52. The second kappa shape index (κ2) is 8.41. The SMILES string of the molecule is CCOCC1CN(C(=O)NCC2COCCO2)CCO1. The Balaban J connectivity index is 1.68. The first-order valence-electron chi connectivity index (χ1n) is 7.21. The first-order chi connectivity index (χ1) is 9.79. The van der Waals surface area contributed by atoms with E-state index in [1.165, 1.54) is 0 Å². The third-order valence-electron chi connectivity index (χ3n) is 3.30. The molecule has 2 heterocycles. The van der Waals surface area contributed by atoms with Gasteiger partial charge in [0.1, 0.15) is 0 Å². The first kappa shape index (κ1) is 15.5. The van der Waals surface area contributed by atoms with E-state index in [4.69, 9.17) is 18.9 Å². The Morgan fingerprint density at radius 1 is 1.30 bits per heavy atom. The molecular weight excluding hydrogens is 264 g/mol. The van der Waals surface area contributed by atoms with Crippen LogP contribution in [0.3, 0.4) is 0 Å². The van der Waals surface area contributed by atoms with Crippen LogP contribution in [0.25, 0.3) is 0 Å². The standard InChI is InChI=1S/C13H24N2O5/c1-2-17-10-12-8-15(3-4-19-12)13(16)14-7-11-9-18-5-6-20-11/h11-12H,2-10H2,1H3,(H,14,16). The van der Waals surface area contributed by atoms with Crippen molar-refractivity contribution in [3.05, 3.63) is 0 Å². The normalized spacial score (nSPS) is 27.4. The van der Waals surface area contributed by atoms with Gasteiger partial charge in [0.05, 0.1) is 51.8 Å². The highest BCUT2D eigenvalue weighted by atomic mass is 16.6. The molecule has 2 aliphatic heterocycles. The van der Waals surface area contributed by atoms with Gasteiger partial charge in [0.2, 0.25) is 0 Å². The Morgan fingerprint density at radius 3 is 2.90 bits per heavy atom. The Hall–Kier alpha value is -0.890. The fraction of sp³-hybridized carbons (Fsp3) is 0.923. The summed E-state index contributed by atoms with van der Waals surface area (Å²) in [5.41, 5.74) is 0. The zero-order chi connectivity index (χ0) is 14.2. The van der Waals surface area contributed by atoms with E-state index >= 15 is 0 Å². The Kier molecular flexibility index (Phi) is 6.52. The second-order valence-corrected chi connectivity index (χ2v) is 4.85. The zero-order valence-corrected chi connectivity index (χ0v) is 12.0. The molecule has 7 heteroatoms. The van der Waals surface area contributed by atoms with Gasteiger partial charge in [-0.3, -0.25) is 0 Å². The number of hydrogen-bond acceptors (Lipinski definition) is 5. The monoisotopic (exact) mass is 288 g/mol. The van der Waals surface area contributed by atoms with Crippen LogP contribution in [-0.2, 0) is 18.9 Å². The van der Waals surface area contributed by atoms with Crippen molar-refractivity contribution in [2.45, 2.75) is 19.1 Å². The fourth-order valence-electron chi connectivity index (χ4n) is 2.22. The molecule has 0 spiro atoms. The Bertz CT molecular complexity index is 296. The molecule has 0 bridgehead atoms. The van der Waals surface area contributed by atoms with E-state index in [2.05, 4.69) is 5.32 Å². The minimum Gasteiger partial charge on any atom is -0.379 e. The van der Waals surface area contributed by atoms with Crippen molar-refractivity contribution in [3.63, 3.8) is 0 Å². The number of nitrogens with one attached hydrogen (secondary N) is 1. The number of amides is 2. The summed E-state index contributed by atoms with van der Waals surface area (Å²) in [6, 6.07) is -0.0797. The van der Waals surface area contributed by atoms with Crippen LogP contribution in [0.4, 0.5) is 4.79 Å². The Morgan fingerprint density at radius 2 is 2.15 bits per heavy atom. The smallest absolute Gasteiger partial charge is 0.317 e. The fourth-order valence-corrected chi connectivity index (χ4v) is 2.22. The predicted octanol–water partition coefficient (Wildman–Crippen LogP) is -0.151. The number of hydrogen-bond donors (Lipinski definition) is 1. The van der Waals surface area contributed by atoms with E-state index in [0.717, 1.165) is 0 Å². The van der Waals surface area contributed by atoms with Crippen molar-refractivity contribution in [3.8, 4) is 0 Å². The number of ether oxygens (including phenoxy) is 4. The first-order valence-corrected chi connectivity index (χ1v) is 7.21. The lowest BCUT2D eigenvalue weighted by Gasteiger charge is -2.33. The molecule has 1 N–H and O–H groups in total. The Labute approximate surface area is 119 Å². The van der Waals surface area contributed by atoms with Gasteiger partial charge in [-0.05, 0) is 6.92 Å². The van der Waals surface area contributed by atoms with E-state index in [1.807, 2.05) is 6.92 Å². The summed E-state index contributed by atoms with van der Waals surface area (Å²) in [6.07, 6.45) is -0.0864. The van der Waals surface area contributed by atoms with Crippen LogP contribution in [-0.4, -0.2) is 82.4 Å². The van der Waals surface area contributed by atoms with Gasteiger partial charge in [-0.25, -0.2) is 4.79 Å². The van der Waals surface area contributed by atoms with Crippen LogP contribution in [0.1, 0.15) is 6.92 Å². The lowest BCUT2D eigenvalue weighted by atomic mass is 10.3. The van der Waals surface area contributed by atoms with E-state index in [1.54, 1.807) is 4.90 Å². The molecule has 2 aliphatic rings. The highest BCUT2D eigenvalue weighted by Gasteiger charge is 2.25. The zero-order valence-electron chi connectivity index (χ0n) is 12.0. The van der Waals surface area contributed by atoms with Gasteiger partial charge in [0, 0.05) is 19.7 Å². The van der Waals surface area contributed by atoms with Gasteiger partial charge in [0.15, 0.2) is 0 Å². The van der Waals surface area contributed by atoms with Crippen molar-refractivity contribution < 1.29 is 23.7 Å². The van der Waals surface area contributed by atoms with Crippen LogP contribution in [0, 0.1) is 0 Å². The van der Waals surface area contributed by atoms with Crippen molar-refractivity contribution in [1.82, 2.24) is 10.2 Å². The summed E-state index contributed by atoms with van der Waals surface area (Å²) in [7, 11) is 0. The summed E-state index contributed by atoms with van der Waals surface area (Å²) in [4.78, 5) is 13.8. The lowest BCUT2D eigenvalue weighted by Crippen LogP contribution is -2.52. The molecular formula is C13H24N2O5. The molecule has 0 radical (unpaired) electrons. The van der Waals surface area contributed by atoms with Gasteiger partial charge in [-0.2, -0.15) is 0 Å². The molecule has 2 rings (SSSR count). The molecule has 0 aromatic rings. The maximum atomic E-state index is 12.1. The number of urea groups is 1. The molecule has 2 saturated heterocycles. The molecule has 2 fully saturated rings. The highest BCUT2D eigenvalue weighted by molar-refractivity contribution is 5.74. The third-order valence-corrected chi connectivity index (χ3v) is 3.30. The van der Waals surface area contributed by atoms with Gasteiger partial charge in [-0.1, -0.05) is 0 Å². The molecule has 0 aliphatic carbocycles. The predicted molar refractivity (Wildman–Crippen MR) is 71.8 cm³/mol. The topological polar surface area (TPSA) is 69.3 Å². The maximum Gasteiger partial charge on any atom is 0.317 e. The molecule has 0 aromatic heterocycles. The average molecular weight is 288 g/mol. The van der Waals surface area contributed by atoms with Crippen LogP contribution in [0.15, 0.2) is 0 Å². The lowest BCUT2D eigenvalue weighted by molar-refractivity contribution is -0.0863. The molecule has 7 nitrogen and oxygen atoms in total. The minimum absolute atomic E-state index is 0.0382. The maximum absolute atomic E-state index is 12.1. The third kappa shape index (κ3) is 4.90. The summed E-state index contributed by atoms with van der Waals surface area (Å²) < 4.78 is 21.7. The number of carbonyl (C=O) groups is 1. The van der Waals surface area contributed by atoms with Crippen molar-refractivity contribution in [2.24, 2.45) is 0 Å². The summed E-state index contributed by atoms with van der Waals surface area (Å²) in [5, 5.41) is 2.88. The molecule has 0 aromatic carbocycles. The van der Waals surface area contributed by atoms with Crippen molar-refractivity contribution >= 4 is 6.03 Å². The molecule has 2 amide bonds. The van der Waals surface area contributed by atoms with E-state index < -0.39 is 0 Å². The van der Waals surface area contributed by atoms with Crippen LogP contribution in [0.2, 0.25) is 0 Å². The summed E-state index contributed by atoms with van der Waals surface area (Å²) in [5.74, 6) is 0. The van der Waals surface area contributed by atoms with E-state index in [0.29, 0.717) is 59.3 Å². The van der Waals surface area contributed by atoms with Crippen LogP contribution in [0.5, 0.6) is 0 Å². The van der Waals surface area contributed by atoms with Crippen LogP contribution >= 0.6 is 0 Å². The number of nitrogens with zero attached hydrogens (tertiary/aromatic N) is 1. The molecule has 116 valence electrons. The van der Waals surface area contributed by atoms with E-state index in [9.17, 15) is 4.79 Å². The van der Waals surface area contributed by atoms with Crippen LogP contribution < -0.4 is 5.32 Å². The molecule has 0 saturated carbocycles. The van der Waals surface area contributed by atoms with Gasteiger partial charge < -0.3 is 29.2 Å². The highest BCUT2D eigenvalue weighted by Crippen LogP contribution is 2.06. The largest absolute Gasteiger partial charge is 0.379 e. The van der Waals surface area contributed by atoms with Crippen molar-refractivity contribution in [1.29, 1.82) is 0 Å². The number of carbonyl (C=O) groups excluding carboxylic acids is 1. The number of morpholine rings is 1. The van der Waals surface area contributed by atoms with E-state index in [-0.39, 0.29) is 18.2 Å². The van der Waals surface area contributed by atoms with Gasteiger partial charge in [0.25, 0.3) is 0 Å². The number of rotatable bonds is 5.